The van der Waals surface area contributed by atoms with Gasteiger partial charge >= 0.3 is 0 Å². The zero-order valence-electron chi connectivity index (χ0n) is 19.4. The molecule has 1 heterocycles. The highest BCUT2D eigenvalue weighted by molar-refractivity contribution is 5.94. The van der Waals surface area contributed by atoms with Crippen LogP contribution >= 0.6 is 0 Å². The number of carbonyl (C=O) groups excluding carboxylic acids is 1. The van der Waals surface area contributed by atoms with E-state index in [0.717, 1.165) is 49.7 Å². The van der Waals surface area contributed by atoms with Gasteiger partial charge in [0, 0.05) is 51.2 Å². The van der Waals surface area contributed by atoms with Crippen molar-refractivity contribution in [3.8, 4) is 0 Å². The van der Waals surface area contributed by atoms with Crippen LogP contribution in [0.1, 0.15) is 30.9 Å². The smallest absolute Gasteiger partial charge is 0.253 e. The molecule has 1 fully saturated rings. The van der Waals surface area contributed by atoms with Crippen molar-refractivity contribution in [2.75, 3.05) is 43.5 Å². The van der Waals surface area contributed by atoms with Gasteiger partial charge in [0.2, 0.25) is 0 Å². The third kappa shape index (κ3) is 6.99. The Labute approximate surface area is 191 Å². The summed E-state index contributed by atoms with van der Waals surface area (Å²) >= 11 is 0. The van der Waals surface area contributed by atoms with Crippen molar-refractivity contribution < 1.29 is 9.53 Å². The van der Waals surface area contributed by atoms with E-state index in [4.69, 9.17) is 4.74 Å². The van der Waals surface area contributed by atoms with Crippen molar-refractivity contribution in [1.29, 1.82) is 0 Å². The number of anilines is 2. The molecule has 172 valence electrons. The van der Waals surface area contributed by atoms with Gasteiger partial charge in [-0.05, 0) is 62.1 Å². The molecule has 1 unspecified atom stereocenters. The molecule has 1 aliphatic heterocycles. The van der Waals surface area contributed by atoms with Gasteiger partial charge in [0.1, 0.15) is 6.10 Å². The molecular formula is C25H35N5O2. The Hall–Kier alpha value is -3.06. The zero-order valence-corrected chi connectivity index (χ0v) is 19.4. The molecule has 1 atom stereocenters. The SMILES string of the molecule is CCN(CCNC(=NC)NCc1cccc(NC(=O)C2CCCO2)c1)c1cccc(C)c1. The summed E-state index contributed by atoms with van der Waals surface area (Å²) in [6, 6.07) is 16.4. The number of hydrogen-bond donors (Lipinski definition) is 3. The van der Waals surface area contributed by atoms with E-state index in [1.165, 1.54) is 11.3 Å². The second kappa shape index (κ2) is 12.1. The lowest BCUT2D eigenvalue weighted by Crippen LogP contribution is -2.41. The second-order valence-corrected chi connectivity index (χ2v) is 7.96. The third-order valence-corrected chi connectivity index (χ3v) is 5.52. The Kier molecular flexibility index (Phi) is 8.92. The van der Waals surface area contributed by atoms with Crippen LogP contribution in [0.5, 0.6) is 0 Å². The molecule has 3 N–H and O–H groups in total. The van der Waals surface area contributed by atoms with E-state index in [2.05, 4.69) is 64.0 Å². The van der Waals surface area contributed by atoms with E-state index in [-0.39, 0.29) is 12.0 Å². The fourth-order valence-corrected chi connectivity index (χ4v) is 3.78. The summed E-state index contributed by atoms with van der Waals surface area (Å²) in [4.78, 5) is 18.9. The fraction of sp³-hybridized carbons (Fsp3) is 0.440. The summed E-state index contributed by atoms with van der Waals surface area (Å²) in [6.45, 7) is 8.16. The lowest BCUT2D eigenvalue weighted by atomic mass is 10.2. The zero-order chi connectivity index (χ0) is 22.8. The lowest BCUT2D eigenvalue weighted by Gasteiger charge is -2.24. The van der Waals surface area contributed by atoms with Gasteiger partial charge in [-0.1, -0.05) is 24.3 Å². The first kappa shape index (κ1) is 23.6. The highest BCUT2D eigenvalue weighted by Crippen LogP contribution is 2.17. The number of likely N-dealkylation sites (N-methyl/N-ethyl adjacent to an activating group) is 1. The van der Waals surface area contributed by atoms with E-state index in [1.807, 2.05) is 24.3 Å². The molecule has 0 aliphatic carbocycles. The van der Waals surface area contributed by atoms with Crippen LogP contribution < -0.4 is 20.9 Å². The number of ether oxygens (including phenoxy) is 1. The number of nitrogens with zero attached hydrogens (tertiary/aromatic N) is 2. The van der Waals surface area contributed by atoms with E-state index < -0.39 is 0 Å². The Morgan fingerprint density at radius 3 is 2.75 bits per heavy atom. The second-order valence-electron chi connectivity index (χ2n) is 7.96. The minimum absolute atomic E-state index is 0.0702. The summed E-state index contributed by atoms with van der Waals surface area (Å²) in [5.74, 6) is 0.679. The van der Waals surface area contributed by atoms with Gasteiger partial charge in [-0.25, -0.2) is 0 Å². The first-order valence-corrected chi connectivity index (χ1v) is 11.4. The van der Waals surface area contributed by atoms with Crippen LogP contribution in [0.2, 0.25) is 0 Å². The molecule has 0 radical (unpaired) electrons. The highest BCUT2D eigenvalue weighted by Gasteiger charge is 2.23. The van der Waals surface area contributed by atoms with Crippen LogP contribution in [0, 0.1) is 6.92 Å². The minimum atomic E-state index is -0.331. The van der Waals surface area contributed by atoms with Gasteiger partial charge in [0.05, 0.1) is 0 Å². The van der Waals surface area contributed by atoms with Gasteiger partial charge in [0.25, 0.3) is 5.91 Å². The first-order chi connectivity index (χ1) is 15.6. The van der Waals surface area contributed by atoms with E-state index >= 15 is 0 Å². The van der Waals surface area contributed by atoms with Crippen molar-refractivity contribution in [1.82, 2.24) is 10.6 Å². The maximum Gasteiger partial charge on any atom is 0.253 e. The van der Waals surface area contributed by atoms with Crippen LogP contribution in [0.4, 0.5) is 11.4 Å². The van der Waals surface area contributed by atoms with Gasteiger partial charge < -0.3 is 25.6 Å². The van der Waals surface area contributed by atoms with E-state index in [1.54, 1.807) is 7.05 Å². The average Bonchev–Trinajstić information content (AvgIpc) is 3.34. The lowest BCUT2D eigenvalue weighted by molar-refractivity contribution is -0.124. The molecule has 0 saturated carbocycles. The van der Waals surface area contributed by atoms with Crippen molar-refractivity contribution in [3.63, 3.8) is 0 Å². The molecule has 0 bridgehead atoms. The van der Waals surface area contributed by atoms with Gasteiger partial charge in [-0.3, -0.25) is 9.79 Å². The van der Waals surface area contributed by atoms with Gasteiger partial charge in [-0.15, -0.1) is 0 Å². The summed E-state index contributed by atoms with van der Waals surface area (Å²) < 4.78 is 5.46. The van der Waals surface area contributed by atoms with Gasteiger partial charge in [-0.2, -0.15) is 0 Å². The molecule has 2 aromatic rings. The van der Waals surface area contributed by atoms with Crippen LogP contribution in [-0.2, 0) is 16.1 Å². The Morgan fingerprint density at radius 1 is 1.19 bits per heavy atom. The molecule has 32 heavy (non-hydrogen) atoms. The quantitative estimate of drug-likeness (QED) is 0.414. The molecule has 1 saturated heterocycles. The Morgan fingerprint density at radius 2 is 2.03 bits per heavy atom. The number of benzene rings is 2. The Bertz CT molecular complexity index is 909. The van der Waals surface area contributed by atoms with Gasteiger partial charge in [0.15, 0.2) is 5.96 Å². The molecule has 0 spiro atoms. The van der Waals surface area contributed by atoms with Crippen LogP contribution in [-0.4, -0.2) is 51.3 Å². The predicted molar refractivity (Wildman–Crippen MR) is 131 cm³/mol. The summed E-state index contributed by atoms with van der Waals surface area (Å²) in [5, 5.41) is 9.68. The minimum Gasteiger partial charge on any atom is -0.370 e. The predicted octanol–water partition coefficient (Wildman–Crippen LogP) is 3.30. The van der Waals surface area contributed by atoms with Crippen molar-refractivity contribution in [2.45, 2.75) is 39.3 Å². The standard InChI is InChI=1S/C25H35N5O2/c1-4-30(22-11-5-8-19(2)16-22)14-13-27-25(26-3)28-18-20-9-6-10-21(17-20)29-24(31)23-12-7-15-32-23/h5-6,8-11,16-17,23H,4,7,12-15,18H2,1-3H3,(H,29,31)(H2,26,27,28). The monoisotopic (exact) mass is 437 g/mol. The first-order valence-electron chi connectivity index (χ1n) is 11.4. The fourth-order valence-electron chi connectivity index (χ4n) is 3.78. The van der Waals surface area contributed by atoms with Crippen molar-refractivity contribution in [2.24, 2.45) is 4.99 Å². The number of guanidine groups is 1. The topological polar surface area (TPSA) is 78.0 Å². The largest absolute Gasteiger partial charge is 0.370 e. The highest BCUT2D eigenvalue weighted by atomic mass is 16.5. The van der Waals surface area contributed by atoms with Crippen LogP contribution in [0.3, 0.4) is 0 Å². The molecule has 2 aromatic carbocycles. The number of aliphatic imine (C=N–C) groups is 1. The Balaban J connectivity index is 1.46. The number of carbonyl (C=O) groups is 1. The molecular weight excluding hydrogens is 402 g/mol. The normalized spacial score (nSPS) is 16.0. The van der Waals surface area contributed by atoms with Crippen molar-refractivity contribution >= 4 is 23.2 Å². The summed E-state index contributed by atoms with van der Waals surface area (Å²) in [5.41, 5.74) is 4.34. The number of amides is 1. The maximum atomic E-state index is 12.3. The number of aryl methyl sites for hydroxylation is 1. The molecule has 0 aromatic heterocycles. The number of nitrogens with one attached hydrogen (secondary N) is 3. The molecule has 1 amide bonds. The van der Waals surface area contributed by atoms with Crippen LogP contribution in [0.25, 0.3) is 0 Å². The number of hydrogen-bond acceptors (Lipinski definition) is 4. The van der Waals surface area contributed by atoms with E-state index in [0.29, 0.717) is 13.2 Å². The molecule has 3 rings (SSSR count). The average molecular weight is 438 g/mol. The summed E-state index contributed by atoms with van der Waals surface area (Å²) in [7, 11) is 1.77. The van der Waals surface area contributed by atoms with E-state index in [9.17, 15) is 4.79 Å². The van der Waals surface area contributed by atoms with Crippen LogP contribution in [0.15, 0.2) is 53.5 Å². The molecule has 1 aliphatic rings. The van der Waals surface area contributed by atoms with Crippen molar-refractivity contribution in [3.05, 3.63) is 59.7 Å². The molecule has 7 heteroatoms. The third-order valence-electron chi connectivity index (χ3n) is 5.52. The maximum absolute atomic E-state index is 12.3. The summed E-state index contributed by atoms with van der Waals surface area (Å²) in [6.07, 6.45) is 1.39. The number of rotatable bonds is 9. The molecule has 7 nitrogen and oxygen atoms in total.